The third kappa shape index (κ3) is 15.6. The van der Waals surface area contributed by atoms with Gasteiger partial charge < -0.3 is 39.4 Å². The molecule has 14 nitrogen and oxygen atoms in total. The summed E-state index contributed by atoms with van der Waals surface area (Å²) >= 11 is 0. The number of carboxylic acid groups (broad SMARTS) is 4. The van der Waals surface area contributed by atoms with Crippen LogP contribution in [0.4, 0.5) is 0 Å². The summed E-state index contributed by atoms with van der Waals surface area (Å²) in [7, 11) is 0. The molecule has 0 saturated heterocycles. The van der Waals surface area contributed by atoms with Gasteiger partial charge in [-0.3, -0.25) is 9.59 Å². The van der Waals surface area contributed by atoms with Crippen LogP contribution in [0.3, 0.4) is 0 Å². The van der Waals surface area contributed by atoms with Crippen molar-refractivity contribution in [3.63, 3.8) is 0 Å². The number of ether oxygens (including phenoxy) is 4. The second-order valence-corrected chi connectivity index (χ2v) is 16.5. The second-order valence-electron chi connectivity index (χ2n) is 16.5. The van der Waals surface area contributed by atoms with Crippen LogP contribution in [0.15, 0.2) is 146 Å². The van der Waals surface area contributed by atoms with Crippen LogP contribution in [-0.2, 0) is 0 Å². The van der Waals surface area contributed by atoms with Gasteiger partial charge in [-0.05, 0) is 123 Å². The van der Waals surface area contributed by atoms with E-state index in [2.05, 4.69) is 0 Å². The van der Waals surface area contributed by atoms with Crippen LogP contribution in [-0.4, -0.2) is 82.3 Å². The monoisotopic (exact) mass is 974 g/mol. The average molecular weight is 975 g/mol. The van der Waals surface area contributed by atoms with E-state index in [0.717, 1.165) is 48.2 Å². The molecule has 0 aliphatic rings. The number of hydrogen-bond donors (Lipinski definition) is 4. The normalized spacial score (nSPS) is 11.1. The molecule has 0 fully saturated rings. The number of aromatic carboxylic acids is 4. The van der Waals surface area contributed by atoms with Crippen molar-refractivity contribution < 1.29 is 68.1 Å². The first kappa shape index (κ1) is 52.6. The molecule has 0 heterocycles. The molecule has 4 N–H and O–H groups in total. The first-order valence-corrected chi connectivity index (χ1v) is 23.4. The fourth-order valence-corrected chi connectivity index (χ4v) is 7.48. The largest absolute Gasteiger partial charge is 0.494 e. The Morgan fingerprint density at radius 3 is 0.986 bits per heavy atom. The molecule has 0 unspecified atom stereocenters. The standard InChI is InChI=1S/C58H54O14/c59-51(41-15-7-5-8-16-41)29-23-39-19-25-43(26-20-39)69-31-11-1-3-13-33-71-53-37-49(57(65)66)47(55(61)62)35-45(53)46-36-48(56(63)64)50(58(67)68)38-54(46)72-34-14-4-2-12-32-70-44-27-21-40(22-28-44)24-30-52(60)42-17-9-6-10-18-42/h5-10,15-30,35-38H,1-4,11-14,31-34H2,(H,61,62)(H,63,64)(H,65,66)(H,67,68)/b29-23+,30-24+. The fourth-order valence-electron chi connectivity index (χ4n) is 7.48. The molecule has 0 saturated carbocycles. The molecule has 370 valence electrons. The third-order valence-electron chi connectivity index (χ3n) is 11.3. The van der Waals surface area contributed by atoms with Crippen molar-refractivity contribution >= 4 is 47.6 Å². The van der Waals surface area contributed by atoms with Gasteiger partial charge in [0.25, 0.3) is 0 Å². The van der Waals surface area contributed by atoms with Crippen LogP contribution in [0, 0.1) is 0 Å². The van der Waals surface area contributed by atoms with Gasteiger partial charge >= 0.3 is 23.9 Å². The maximum absolute atomic E-state index is 12.4. The molecule has 0 aliphatic carbocycles. The summed E-state index contributed by atoms with van der Waals surface area (Å²) in [6, 6.07) is 37.0. The minimum atomic E-state index is -1.56. The molecule has 0 aromatic heterocycles. The van der Waals surface area contributed by atoms with E-state index in [4.69, 9.17) is 18.9 Å². The molecule has 6 rings (SSSR count). The number of carboxylic acids is 4. The van der Waals surface area contributed by atoms with Gasteiger partial charge in [0, 0.05) is 22.3 Å². The Kier molecular flexibility index (Phi) is 19.6. The van der Waals surface area contributed by atoms with Gasteiger partial charge in [-0.15, -0.1) is 0 Å². The fraction of sp³-hybridized carbons (Fsp3) is 0.207. The van der Waals surface area contributed by atoms with Gasteiger partial charge in [-0.25, -0.2) is 19.2 Å². The van der Waals surface area contributed by atoms with E-state index in [9.17, 15) is 49.2 Å². The number of rotatable bonds is 29. The minimum absolute atomic E-state index is 0.00594. The minimum Gasteiger partial charge on any atom is -0.494 e. The Labute approximate surface area is 416 Å². The summed E-state index contributed by atoms with van der Waals surface area (Å²) in [5.41, 5.74) is 0.619. The third-order valence-corrected chi connectivity index (χ3v) is 11.3. The van der Waals surface area contributed by atoms with Crippen LogP contribution in [0.25, 0.3) is 23.3 Å². The van der Waals surface area contributed by atoms with Gasteiger partial charge in [-0.2, -0.15) is 0 Å². The van der Waals surface area contributed by atoms with Crippen molar-refractivity contribution in [2.75, 3.05) is 26.4 Å². The lowest BCUT2D eigenvalue weighted by Gasteiger charge is -2.19. The first-order valence-electron chi connectivity index (χ1n) is 23.4. The molecule has 0 aliphatic heterocycles. The molecule has 14 heteroatoms. The zero-order valence-electron chi connectivity index (χ0n) is 39.4. The maximum atomic E-state index is 12.4. The van der Waals surface area contributed by atoms with Crippen LogP contribution < -0.4 is 18.9 Å². The predicted octanol–water partition coefficient (Wildman–Crippen LogP) is 12.0. The maximum Gasteiger partial charge on any atom is 0.336 e. The summed E-state index contributed by atoms with van der Waals surface area (Å²) in [5, 5.41) is 40.0. The van der Waals surface area contributed by atoms with E-state index in [1.807, 2.05) is 84.9 Å². The predicted molar refractivity (Wildman–Crippen MR) is 271 cm³/mol. The topological polar surface area (TPSA) is 220 Å². The number of benzene rings is 6. The first-order chi connectivity index (χ1) is 34.9. The Morgan fingerprint density at radius 1 is 0.361 bits per heavy atom. The van der Waals surface area contributed by atoms with Crippen molar-refractivity contribution in [1.29, 1.82) is 0 Å². The van der Waals surface area contributed by atoms with Crippen molar-refractivity contribution in [3.05, 3.63) is 190 Å². The highest BCUT2D eigenvalue weighted by atomic mass is 16.5. The van der Waals surface area contributed by atoms with Gasteiger partial charge in [-0.1, -0.05) is 97.1 Å². The molecular weight excluding hydrogens is 921 g/mol. The molecular formula is C58H54O14. The Hall–Kier alpha value is -8.78. The SMILES string of the molecule is O=C(/C=C/c1ccc(OCCCCCCOc2cc(C(=O)O)c(C(=O)O)cc2-c2cc(C(=O)O)c(C(=O)O)cc2OCCCCCCOc2ccc(/C=C/C(=O)c3ccccc3)cc2)cc1)c1ccccc1. The Balaban J connectivity index is 1.02. The lowest BCUT2D eigenvalue weighted by molar-refractivity contribution is 0.0651. The van der Waals surface area contributed by atoms with Crippen molar-refractivity contribution in [2.24, 2.45) is 0 Å². The molecule has 6 aromatic carbocycles. The second kappa shape index (κ2) is 26.8. The quantitative estimate of drug-likeness (QED) is 0.0195. The van der Waals surface area contributed by atoms with E-state index in [1.165, 1.54) is 12.2 Å². The highest BCUT2D eigenvalue weighted by molar-refractivity contribution is 6.08. The van der Waals surface area contributed by atoms with Gasteiger partial charge in [0.05, 0.1) is 48.7 Å². The number of unbranched alkanes of at least 4 members (excludes halogenated alkanes) is 6. The number of carbonyl (C=O) groups is 6. The average Bonchev–Trinajstić information content (AvgIpc) is 3.39. The van der Waals surface area contributed by atoms with Crippen LogP contribution >= 0.6 is 0 Å². The Bertz CT molecular complexity index is 2690. The highest BCUT2D eigenvalue weighted by Crippen LogP contribution is 2.41. The summed E-state index contributed by atoms with van der Waals surface area (Å²) in [4.78, 5) is 74.0. The van der Waals surface area contributed by atoms with Crippen LogP contribution in [0.2, 0.25) is 0 Å². The van der Waals surface area contributed by atoms with E-state index in [1.54, 1.807) is 36.4 Å². The summed E-state index contributed by atoms with van der Waals surface area (Å²) in [6.45, 7) is 1.05. The number of hydrogen-bond acceptors (Lipinski definition) is 10. The van der Waals surface area contributed by atoms with Gasteiger partial charge in [0.15, 0.2) is 11.6 Å². The molecule has 0 spiro atoms. The number of ketones is 2. The molecule has 6 aromatic rings. The van der Waals surface area contributed by atoms with E-state index < -0.39 is 46.1 Å². The smallest absolute Gasteiger partial charge is 0.336 e. The van der Waals surface area contributed by atoms with E-state index in [0.29, 0.717) is 74.4 Å². The van der Waals surface area contributed by atoms with Crippen LogP contribution in [0.1, 0.15) is 125 Å². The van der Waals surface area contributed by atoms with E-state index in [-0.39, 0.29) is 47.4 Å². The van der Waals surface area contributed by atoms with Crippen molar-refractivity contribution in [1.82, 2.24) is 0 Å². The molecule has 72 heavy (non-hydrogen) atoms. The van der Waals surface area contributed by atoms with Gasteiger partial charge in [0.1, 0.15) is 23.0 Å². The zero-order valence-corrected chi connectivity index (χ0v) is 39.4. The van der Waals surface area contributed by atoms with E-state index >= 15 is 0 Å². The summed E-state index contributed by atoms with van der Waals surface area (Å²) < 4.78 is 24.0. The molecule has 0 bridgehead atoms. The lowest BCUT2D eigenvalue weighted by atomic mass is 9.93. The van der Waals surface area contributed by atoms with Crippen molar-refractivity contribution in [2.45, 2.75) is 51.4 Å². The van der Waals surface area contributed by atoms with Crippen molar-refractivity contribution in [3.8, 4) is 34.1 Å². The molecule has 0 radical (unpaired) electrons. The van der Waals surface area contributed by atoms with Crippen LogP contribution in [0.5, 0.6) is 23.0 Å². The summed E-state index contributed by atoms with van der Waals surface area (Å²) in [5.74, 6) is -5.12. The highest BCUT2D eigenvalue weighted by Gasteiger charge is 2.26. The lowest BCUT2D eigenvalue weighted by Crippen LogP contribution is -2.12. The molecule has 0 amide bonds. The van der Waals surface area contributed by atoms with Gasteiger partial charge in [0.2, 0.25) is 0 Å². The Morgan fingerprint density at radius 2 is 0.667 bits per heavy atom. The molecule has 0 atom stereocenters. The number of carbonyl (C=O) groups excluding carboxylic acids is 2. The zero-order chi connectivity index (χ0) is 51.2. The number of allylic oxidation sites excluding steroid dienone is 2. The summed E-state index contributed by atoms with van der Waals surface area (Å²) in [6.07, 6.45) is 11.9.